The third-order valence-electron chi connectivity index (χ3n) is 2.48. The predicted octanol–water partition coefficient (Wildman–Crippen LogP) is 1.75. The molecule has 0 aromatic heterocycles. The van der Waals surface area contributed by atoms with Gasteiger partial charge in [-0.2, -0.15) is 0 Å². The van der Waals surface area contributed by atoms with Gasteiger partial charge in [-0.3, -0.25) is 0 Å². The summed E-state index contributed by atoms with van der Waals surface area (Å²) in [6, 6.07) is 0. The van der Waals surface area contributed by atoms with Crippen LogP contribution in [0.5, 0.6) is 0 Å². The summed E-state index contributed by atoms with van der Waals surface area (Å²) >= 11 is 0. The lowest BCUT2D eigenvalue weighted by atomic mass is 9.80. The minimum Gasteiger partial charge on any atom is -0.393 e. The maximum absolute atomic E-state index is 12.8. The normalized spacial score (nSPS) is 49.2. The van der Waals surface area contributed by atoms with E-state index in [2.05, 4.69) is 0 Å². The second-order valence-corrected chi connectivity index (χ2v) is 3.51. The zero-order valence-electron chi connectivity index (χ0n) is 6.55. The van der Waals surface area contributed by atoms with Gasteiger partial charge in [-0.05, 0) is 18.3 Å². The van der Waals surface area contributed by atoms with E-state index in [1.165, 1.54) is 0 Å². The first-order valence-electron chi connectivity index (χ1n) is 3.93. The molecular formula is C8H15FO. The molecular weight excluding hydrogens is 131 g/mol. The number of alkyl halides is 1. The minimum atomic E-state index is -0.786. The third-order valence-corrected chi connectivity index (χ3v) is 2.48. The van der Waals surface area contributed by atoms with E-state index in [0.717, 1.165) is 6.42 Å². The van der Waals surface area contributed by atoms with E-state index >= 15 is 0 Å². The highest BCUT2D eigenvalue weighted by Crippen LogP contribution is 2.30. The van der Waals surface area contributed by atoms with Crippen LogP contribution < -0.4 is 0 Å². The highest BCUT2D eigenvalue weighted by molar-refractivity contribution is 4.81. The fraction of sp³-hybridized carbons (Fsp3) is 1.00. The smallest absolute Gasteiger partial charge is 0.105 e. The van der Waals surface area contributed by atoms with Crippen LogP contribution in [-0.4, -0.2) is 17.4 Å². The first kappa shape index (κ1) is 7.99. The molecule has 4 atom stereocenters. The third kappa shape index (κ3) is 1.48. The molecule has 0 radical (unpaired) electrons. The van der Waals surface area contributed by atoms with Crippen molar-refractivity contribution in [1.29, 1.82) is 0 Å². The van der Waals surface area contributed by atoms with Crippen molar-refractivity contribution in [2.75, 3.05) is 0 Å². The van der Waals surface area contributed by atoms with Crippen molar-refractivity contribution >= 4 is 0 Å². The summed E-state index contributed by atoms with van der Waals surface area (Å²) in [7, 11) is 0. The van der Waals surface area contributed by atoms with Crippen LogP contribution in [0.15, 0.2) is 0 Å². The van der Waals surface area contributed by atoms with Gasteiger partial charge in [0.2, 0.25) is 0 Å². The summed E-state index contributed by atoms with van der Waals surface area (Å²) in [6.45, 7) is 3.89. The SMILES string of the molecule is CC1CC(C)C(F)CC1O. The number of halogens is 1. The van der Waals surface area contributed by atoms with E-state index in [9.17, 15) is 9.50 Å². The van der Waals surface area contributed by atoms with Crippen LogP contribution in [0, 0.1) is 11.8 Å². The molecule has 1 aliphatic carbocycles. The van der Waals surface area contributed by atoms with E-state index in [1.807, 2.05) is 13.8 Å². The van der Waals surface area contributed by atoms with Crippen LogP contribution in [-0.2, 0) is 0 Å². The Morgan fingerprint density at radius 2 is 1.80 bits per heavy atom. The Bertz CT molecular complexity index is 89.8. The van der Waals surface area contributed by atoms with Crippen molar-refractivity contribution in [3.8, 4) is 0 Å². The lowest BCUT2D eigenvalue weighted by Gasteiger charge is -2.31. The molecule has 0 saturated heterocycles. The first-order chi connectivity index (χ1) is 4.61. The summed E-state index contributed by atoms with van der Waals surface area (Å²) in [4.78, 5) is 0. The van der Waals surface area contributed by atoms with Gasteiger partial charge in [-0.1, -0.05) is 13.8 Å². The number of rotatable bonds is 0. The maximum Gasteiger partial charge on any atom is 0.105 e. The molecule has 1 rings (SSSR count). The van der Waals surface area contributed by atoms with Gasteiger partial charge in [0.1, 0.15) is 6.17 Å². The molecule has 0 bridgehead atoms. The van der Waals surface area contributed by atoms with Gasteiger partial charge in [0.25, 0.3) is 0 Å². The topological polar surface area (TPSA) is 20.2 Å². The number of hydrogen-bond acceptors (Lipinski definition) is 1. The monoisotopic (exact) mass is 146 g/mol. The van der Waals surface area contributed by atoms with Gasteiger partial charge in [0.15, 0.2) is 0 Å². The van der Waals surface area contributed by atoms with Crippen LogP contribution in [0.25, 0.3) is 0 Å². The molecule has 0 spiro atoms. The zero-order chi connectivity index (χ0) is 7.72. The highest BCUT2D eigenvalue weighted by atomic mass is 19.1. The molecule has 0 heterocycles. The van der Waals surface area contributed by atoms with Crippen LogP contribution in [0.1, 0.15) is 26.7 Å². The Morgan fingerprint density at radius 3 is 2.30 bits per heavy atom. The molecule has 10 heavy (non-hydrogen) atoms. The van der Waals surface area contributed by atoms with Crippen molar-refractivity contribution in [1.82, 2.24) is 0 Å². The van der Waals surface area contributed by atoms with E-state index in [0.29, 0.717) is 6.42 Å². The zero-order valence-corrected chi connectivity index (χ0v) is 6.55. The van der Waals surface area contributed by atoms with Crippen molar-refractivity contribution in [3.63, 3.8) is 0 Å². The second kappa shape index (κ2) is 2.87. The lowest BCUT2D eigenvalue weighted by molar-refractivity contribution is 0.0132. The first-order valence-corrected chi connectivity index (χ1v) is 3.93. The fourth-order valence-electron chi connectivity index (χ4n) is 1.59. The molecule has 1 saturated carbocycles. The largest absolute Gasteiger partial charge is 0.393 e. The van der Waals surface area contributed by atoms with Crippen molar-refractivity contribution in [2.24, 2.45) is 11.8 Å². The molecule has 1 fully saturated rings. The van der Waals surface area contributed by atoms with Crippen LogP contribution in [0.2, 0.25) is 0 Å². The van der Waals surface area contributed by atoms with Gasteiger partial charge in [-0.15, -0.1) is 0 Å². The Morgan fingerprint density at radius 1 is 1.20 bits per heavy atom. The summed E-state index contributed by atoms with van der Waals surface area (Å²) in [5, 5.41) is 9.23. The molecule has 60 valence electrons. The predicted molar refractivity (Wildman–Crippen MR) is 38.5 cm³/mol. The Balaban J connectivity index is 2.46. The summed E-state index contributed by atoms with van der Waals surface area (Å²) < 4.78 is 12.8. The summed E-state index contributed by atoms with van der Waals surface area (Å²) in [6.07, 6.45) is -0.0394. The Kier molecular flexibility index (Phi) is 2.29. The average Bonchev–Trinajstić information content (AvgIpc) is 1.84. The van der Waals surface area contributed by atoms with E-state index in [4.69, 9.17) is 0 Å². The van der Waals surface area contributed by atoms with Gasteiger partial charge >= 0.3 is 0 Å². The molecule has 0 aromatic carbocycles. The molecule has 1 nitrogen and oxygen atoms in total. The summed E-state index contributed by atoms with van der Waals surface area (Å²) in [5.74, 6) is 0.417. The fourth-order valence-corrected chi connectivity index (χ4v) is 1.59. The van der Waals surface area contributed by atoms with Crippen LogP contribution in [0.4, 0.5) is 4.39 Å². The summed E-state index contributed by atoms with van der Waals surface area (Å²) in [5.41, 5.74) is 0. The molecule has 2 heteroatoms. The molecule has 4 unspecified atom stereocenters. The van der Waals surface area contributed by atoms with Crippen molar-refractivity contribution < 1.29 is 9.50 Å². The quantitative estimate of drug-likeness (QED) is 0.552. The van der Waals surface area contributed by atoms with E-state index in [-0.39, 0.29) is 11.8 Å². The standard InChI is InChI=1S/C8H15FO/c1-5-3-6(2)8(10)4-7(5)9/h5-8,10H,3-4H2,1-2H3. The Hall–Kier alpha value is -0.110. The van der Waals surface area contributed by atoms with Gasteiger partial charge in [-0.25, -0.2) is 4.39 Å². The van der Waals surface area contributed by atoms with E-state index < -0.39 is 12.3 Å². The number of aliphatic hydroxyl groups is 1. The van der Waals surface area contributed by atoms with Crippen LogP contribution >= 0.6 is 0 Å². The van der Waals surface area contributed by atoms with Gasteiger partial charge in [0.05, 0.1) is 6.10 Å². The van der Waals surface area contributed by atoms with Crippen molar-refractivity contribution in [2.45, 2.75) is 39.0 Å². The van der Waals surface area contributed by atoms with Gasteiger partial charge in [0, 0.05) is 6.42 Å². The van der Waals surface area contributed by atoms with Crippen LogP contribution in [0.3, 0.4) is 0 Å². The molecule has 0 aromatic rings. The second-order valence-electron chi connectivity index (χ2n) is 3.51. The lowest BCUT2D eigenvalue weighted by Crippen LogP contribution is -2.33. The molecule has 0 amide bonds. The minimum absolute atomic E-state index is 0.137. The molecule has 1 N–H and O–H groups in total. The number of aliphatic hydroxyl groups excluding tert-OH is 1. The molecule has 0 aliphatic heterocycles. The molecule has 1 aliphatic rings. The highest BCUT2D eigenvalue weighted by Gasteiger charge is 2.31. The maximum atomic E-state index is 12.8. The van der Waals surface area contributed by atoms with Gasteiger partial charge < -0.3 is 5.11 Å². The van der Waals surface area contributed by atoms with Crippen molar-refractivity contribution in [3.05, 3.63) is 0 Å². The van der Waals surface area contributed by atoms with E-state index in [1.54, 1.807) is 0 Å². The Labute approximate surface area is 61.2 Å². The average molecular weight is 146 g/mol. The number of hydrogen-bond donors (Lipinski definition) is 1.